The Hall–Kier alpha value is -4.22. The van der Waals surface area contributed by atoms with Crippen LogP contribution in [-0.4, -0.2) is 89.6 Å². The van der Waals surface area contributed by atoms with Gasteiger partial charge in [-0.05, 0) is 63.0 Å². The number of fused-ring (bicyclic) bond motifs is 3. The number of amides is 5. The first kappa shape index (κ1) is 37.1. The topological polar surface area (TPSA) is 171 Å². The van der Waals surface area contributed by atoms with Crippen molar-refractivity contribution in [3.8, 4) is 0 Å². The molecule has 3 aliphatic heterocycles. The van der Waals surface area contributed by atoms with Crippen molar-refractivity contribution >= 4 is 39.7 Å². The molecule has 3 heterocycles. The maximum Gasteiger partial charge on any atom is 0.410 e. The van der Waals surface area contributed by atoms with E-state index in [2.05, 4.69) is 15.4 Å². The second kappa shape index (κ2) is 13.6. The van der Waals surface area contributed by atoms with Gasteiger partial charge in [-0.2, -0.15) is 13.2 Å². The van der Waals surface area contributed by atoms with Gasteiger partial charge < -0.3 is 20.3 Å². The van der Waals surface area contributed by atoms with Crippen molar-refractivity contribution in [1.82, 2.24) is 25.2 Å². The van der Waals surface area contributed by atoms with Gasteiger partial charge in [0.25, 0.3) is 5.91 Å². The zero-order valence-corrected chi connectivity index (χ0v) is 29.6. The van der Waals surface area contributed by atoms with Crippen LogP contribution in [0.4, 0.5) is 22.4 Å². The predicted octanol–water partition coefficient (Wildman–Crippen LogP) is 3.08. The summed E-state index contributed by atoms with van der Waals surface area (Å²) in [7, 11) is -3.99. The molecule has 0 bridgehead atoms. The number of halogens is 4. The molecular weight excluding hydrogens is 726 g/mol. The number of hydrogen-bond acceptors (Lipinski definition) is 8. The summed E-state index contributed by atoms with van der Waals surface area (Å²) < 4.78 is 89.4. The SMILES string of the molecule is O=C1N[C@]2(C(=O)NS(=O)(=O)C3CC3)C[C@@H]2/C=C\CCCCC[C@H](NC(=O)C2(C(F)(F)F)CC2)C(=O)N2C[C@H](OC(=O)N3Cc4cccc(F)c4C3)C[C@@H]12. The maximum absolute atomic E-state index is 14.4. The van der Waals surface area contributed by atoms with Crippen molar-refractivity contribution in [2.75, 3.05) is 6.54 Å². The minimum absolute atomic E-state index is 0.0247. The summed E-state index contributed by atoms with van der Waals surface area (Å²) in [4.78, 5) is 70.7. The lowest BCUT2D eigenvalue weighted by Crippen LogP contribution is -2.59. The summed E-state index contributed by atoms with van der Waals surface area (Å²) in [5.41, 5.74) is -3.36. The van der Waals surface area contributed by atoms with Crippen LogP contribution < -0.4 is 15.4 Å². The maximum atomic E-state index is 14.4. The molecule has 0 unspecified atom stereocenters. The molecule has 0 spiro atoms. The minimum atomic E-state index is -4.83. The summed E-state index contributed by atoms with van der Waals surface area (Å²) >= 11 is 0. The molecule has 1 aromatic carbocycles. The van der Waals surface area contributed by atoms with Gasteiger partial charge in [0.15, 0.2) is 0 Å². The molecule has 3 aliphatic carbocycles. The van der Waals surface area contributed by atoms with E-state index in [-0.39, 0.29) is 38.9 Å². The number of sulfonamides is 1. The predicted molar refractivity (Wildman–Crippen MR) is 177 cm³/mol. The molecule has 5 amide bonds. The molecule has 53 heavy (non-hydrogen) atoms. The van der Waals surface area contributed by atoms with E-state index in [0.717, 1.165) is 4.90 Å². The third-order valence-corrected chi connectivity index (χ3v) is 13.1. The number of nitrogens with zero attached hydrogens (tertiary/aromatic N) is 2. The first-order valence-corrected chi connectivity index (χ1v) is 19.5. The highest BCUT2D eigenvalue weighted by molar-refractivity contribution is 7.91. The van der Waals surface area contributed by atoms with E-state index in [0.29, 0.717) is 49.7 Å². The van der Waals surface area contributed by atoms with Crippen LogP contribution in [0.25, 0.3) is 0 Å². The summed E-state index contributed by atoms with van der Waals surface area (Å²) in [6, 6.07) is 1.59. The molecule has 3 N–H and O–H groups in total. The molecular formula is C35H41F4N5O8S. The van der Waals surface area contributed by atoms with Crippen molar-refractivity contribution in [2.24, 2.45) is 11.3 Å². The van der Waals surface area contributed by atoms with Crippen molar-refractivity contribution < 1.29 is 54.7 Å². The zero-order valence-electron chi connectivity index (χ0n) is 28.8. The van der Waals surface area contributed by atoms with Gasteiger partial charge in [-0.3, -0.25) is 28.8 Å². The van der Waals surface area contributed by atoms with Gasteiger partial charge in [0.05, 0.1) is 18.3 Å². The lowest BCUT2D eigenvalue weighted by Gasteiger charge is -2.31. The van der Waals surface area contributed by atoms with E-state index >= 15 is 0 Å². The van der Waals surface area contributed by atoms with Gasteiger partial charge in [0.2, 0.25) is 27.7 Å². The molecule has 288 valence electrons. The number of carbonyl (C=O) groups excluding carboxylic acids is 5. The number of rotatable bonds is 6. The largest absolute Gasteiger partial charge is 0.444 e. The first-order chi connectivity index (χ1) is 25.0. The first-order valence-electron chi connectivity index (χ1n) is 18.0. The van der Waals surface area contributed by atoms with Gasteiger partial charge in [0.1, 0.15) is 35.0 Å². The van der Waals surface area contributed by atoms with Crippen molar-refractivity contribution in [3.05, 3.63) is 47.3 Å². The normalized spacial score (nSPS) is 30.4. The highest BCUT2D eigenvalue weighted by Crippen LogP contribution is 2.57. The average Bonchev–Trinajstić information content (AvgIpc) is 4.03. The summed E-state index contributed by atoms with van der Waals surface area (Å²) in [5.74, 6) is -5.04. The fourth-order valence-electron chi connectivity index (χ4n) is 7.64. The highest BCUT2D eigenvalue weighted by atomic mass is 32.2. The van der Waals surface area contributed by atoms with Crippen molar-refractivity contribution in [3.63, 3.8) is 0 Å². The average molecular weight is 768 g/mol. The van der Waals surface area contributed by atoms with Crippen LogP contribution in [0, 0.1) is 17.2 Å². The molecule has 4 fully saturated rings. The van der Waals surface area contributed by atoms with Gasteiger partial charge in [-0.1, -0.05) is 37.1 Å². The Balaban J connectivity index is 1.15. The third-order valence-electron chi connectivity index (χ3n) is 11.3. The Morgan fingerprint density at radius 2 is 1.75 bits per heavy atom. The lowest BCUT2D eigenvalue weighted by molar-refractivity contribution is -0.193. The fourth-order valence-corrected chi connectivity index (χ4v) is 9.00. The number of hydrogen-bond donors (Lipinski definition) is 3. The number of allylic oxidation sites excluding steroid dienone is 1. The number of alkyl halides is 3. The molecule has 13 nitrogen and oxygen atoms in total. The molecule has 1 saturated heterocycles. The van der Waals surface area contributed by atoms with E-state index in [1.54, 1.807) is 12.1 Å². The number of carbonyl (C=O) groups is 5. The van der Waals surface area contributed by atoms with Crippen LogP contribution in [0.15, 0.2) is 30.4 Å². The molecule has 1 aromatic rings. The van der Waals surface area contributed by atoms with E-state index < -0.39 is 105 Å². The second-order valence-corrected chi connectivity index (χ2v) is 17.1. The highest BCUT2D eigenvalue weighted by Gasteiger charge is 2.69. The van der Waals surface area contributed by atoms with E-state index in [9.17, 15) is 50.0 Å². The van der Waals surface area contributed by atoms with E-state index in [4.69, 9.17) is 4.74 Å². The van der Waals surface area contributed by atoms with Crippen LogP contribution in [0.2, 0.25) is 0 Å². The Morgan fingerprint density at radius 1 is 1.00 bits per heavy atom. The van der Waals surface area contributed by atoms with Gasteiger partial charge in [-0.15, -0.1) is 0 Å². The molecule has 0 radical (unpaired) electrons. The molecule has 7 rings (SSSR count). The van der Waals surface area contributed by atoms with Gasteiger partial charge in [-0.25, -0.2) is 17.6 Å². The van der Waals surface area contributed by atoms with Crippen LogP contribution in [0.5, 0.6) is 0 Å². The van der Waals surface area contributed by atoms with Crippen LogP contribution in [0.1, 0.15) is 81.8 Å². The van der Waals surface area contributed by atoms with Crippen LogP contribution in [0.3, 0.4) is 0 Å². The van der Waals surface area contributed by atoms with Crippen molar-refractivity contribution in [2.45, 2.75) is 119 Å². The Labute approximate surface area is 303 Å². The summed E-state index contributed by atoms with van der Waals surface area (Å²) in [5, 5.41) is 4.28. The monoisotopic (exact) mass is 767 g/mol. The van der Waals surface area contributed by atoms with Crippen LogP contribution >= 0.6 is 0 Å². The van der Waals surface area contributed by atoms with E-state index in [1.165, 1.54) is 17.0 Å². The third kappa shape index (κ3) is 7.22. The molecule has 18 heteroatoms. The Kier molecular flexibility index (Phi) is 9.50. The fraction of sp³-hybridized carbons (Fsp3) is 0.629. The second-order valence-electron chi connectivity index (χ2n) is 15.1. The molecule has 6 aliphatic rings. The number of nitrogens with one attached hydrogen (secondary N) is 3. The summed E-state index contributed by atoms with van der Waals surface area (Å²) in [6.45, 7) is -0.394. The quantitative estimate of drug-likeness (QED) is 0.293. The van der Waals surface area contributed by atoms with Gasteiger partial charge in [0, 0.05) is 24.4 Å². The molecule has 0 aromatic heterocycles. The van der Waals surface area contributed by atoms with Gasteiger partial charge >= 0.3 is 12.3 Å². The Morgan fingerprint density at radius 3 is 2.43 bits per heavy atom. The molecule has 5 atom stereocenters. The Bertz CT molecular complexity index is 1850. The van der Waals surface area contributed by atoms with Crippen molar-refractivity contribution in [1.29, 1.82) is 0 Å². The smallest absolute Gasteiger partial charge is 0.410 e. The lowest BCUT2D eigenvalue weighted by atomic mass is 10.0. The van der Waals surface area contributed by atoms with Crippen LogP contribution in [-0.2, 0) is 47.0 Å². The van der Waals surface area contributed by atoms with E-state index in [1.807, 2.05) is 6.08 Å². The summed E-state index contributed by atoms with van der Waals surface area (Å²) in [6.07, 6.45) is -1.47. The standard InChI is InChI=1S/C35H41F4N5O8S/c36-25-9-6-7-20-17-43(19-24(20)25)32(49)52-22-15-27-28(45)41-34(31(48)42-53(50,51)23-11-12-23)16-21(34)8-4-2-1-3-5-10-26(29(46)44(27)18-22)40-30(47)33(13-14-33)35(37,38)39/h4,6-9,21-23,26-27H,1-3,5,10-19H2,(H,40,47)(H,41,45)(H,42,48)/b8-4-/t21-,22+,26-,27-,34+/m0/s1. The number of ether oxygens (including phenoxy) is 1. The molecule has 3 saturated carbocycles. The number of benzene rings is 1. The minimum Gasteiger partial charge on any atom is -0.444 e. The zero-order chi connectivity index (χ0) is 37.9.